The average molecular weight is 425 g/mol. The van der Waals surface area contributed by atoms with E-state index in [-0.39, 0.29) is 17.0 Å². The molecule has 0 spiro atoms. The van der Waals surface area contributed by atoms with Crippen LogP contribution in [-0.4, -0.2) is 37.9 Å². The number of anilines is 1. The van der Waals surface area contributed by atoms with Crippen molar-refractivity contribution in [3.05, 3.63) is 70.5 Å². The summed E-state index contributed by atoms with van der Waals surface area (Å²) >= 11 is 0. The zero-order valence-corrected chi connectivity index (χ0v) is 15.6. The highest BCUT2D eigenvalue weighted by molar-refractivity contribution is 5.99. The van der Waals surface area contributed by atoms with Gasteiger partial charge in [-0.15, -0.1) is 10.2 Å². The summed E-state index contributed by atoms with van der Waals surface area (Å²) < 4.78 is 29.7. The molecule has 2 aromatic heterocycles. The first kappa shape index (κ1) is 19.8. The van der Waals surface area contributed by atoms with E-state index in [1.54, 1.807) is 24.5 Å². The molecule has 2 heterocycles. The average Bonchev–Trinajstić information content (AvgIpc) is 3.29. The van der Waals surface area contributed by atoms with E-state index in [1.165, 1.54) is 0 Å². The second kappa shape index (κ2) is 8.49. The highest BCUT2D eigenvalue weighted by atomic mass is 19.3. The summed E-state index contributed by atoms with van der Waals surface area (Å²) in [6, 6.07) is 10.5. The predicted molar refractivity (Wildman–Crippen MR) is 108 cm³/mol. The van der Waals surface area contributed by atoms with Gasteiger partial charge in [-0.3, -0.25) is 15.5 Å². The fourth-order valence-corrected chi connectivity index (χ4v) is 2.87. The van der Waals surface area contributed by atoms with E-state index in [0.717, 1.165) is 29.8 Å². The van der Waals surface area contributed by atoms with Gasteiger partial charge in [0, 0.05) is 40.9 Å². The number of nitrogens with zero attached hydrogens (tertiary/aromatic N) is 5. The van der Waals surface area contributed by atoms with Gasteiger partial charge in [-0.25, -0.2) is 4.98 Å². The number of nitro benzene ring substituents is 1. The Kier molecular flexibility index (Phi) is 5.43. The number of nitro groups is 1. The van der Waals surface area contributed by atoms with E-state index >= 15 is 0 Å². The highest BCUT2D eigenvalue weighted by Crippen LogP contribution is 2.28. The molecule has 2 aromatic carbocycles. The maximum absolute atomic E-state index is 12.6. The number of hydrogen-bond acceptors (Lipinski definition) is 8. The molecule has 0 radical (unpaired) electrons. The van der Waals surface area contributed by atoms with Crippen molar-refractivity contribution in [2.75, 3.05) is 5.43 Å². The summed E-state index contributed by atoms with van der Waals surface area (Å²) in [5.74, 6) is 0.586. The van der Waals surface area contributed by atoms with E-state index in [4.69, 9.17) is 0 Å². The molecule has 31 heavy (non-hydrogen) atoms. The van der Waals surface area contributed by atoms with Gasteiger partial charge in [-0.05, 0) is 6.07 Å². The first-order valence-corrected chi connectivity index (χ1v) is 8.80. The first-order valence-electron chi connectivity index (χ1n) is 8.80. The lowest BCUT2D eigenvalue weighted by Crippen LogP contribution is -2.05. The third-order valence-electron chi connectivity index (χ3n) is 4.20. The number of rotatable bonds is 7. The van der Waals surface area contributed by atoms with Crippen LogP contribution in [0.4, 0.5) is 20.3 Å². The summed E-state index contributed by atoms with van der Waals surface area (Å²) in [4.78, 5) is 17.5. The van der Waals surface area contributed by atoms with Crippen molar-refractivity contribution in [3.8, 4) is 17.3 Å². The predicted octanol–water partition coefficient (Wildman–Crippen LogP) is 3.98. The van der Waals surface area contributed by atoms with E-state index in [1.807, 2.05) is 12.1 Å². The van der Waals surface area contributed by atoms with E-state index in [0.29, 0.717) is 22.7 Å². The molecule has 0 aliphatic carbocycles. The smallest absolute Gasteiger partial charge is 0.387 e. The molecular formula is C19H13F2N7O3. The van der Waals surface area contributed by atoms with Crippen LogP contribution < -0.4 is 10.2 Å². The minimum Gasteiger partial charge on any atom is -0.434 e. The largest absolute Gasteiger partial charge is 0.434 e. The van der Waals surface area contributed by atoms with Gasteiger partial charge in [-0.1, -0.05) is 24.3 Å². The third-order valence-corrected chi connectivity index (χ3v) is 4.20. The minimum absolute atomic E-state index is 0.00790. The fraction of sp³-hybridized carbons (Fsp3) is 0.0526. The zero-order valence-electron chi connectivity index (χ0n) is 15.6. The monoisotopic (exact) mass is 425 g/mol. The van der Waals surface area contributed by atoms with Crippen LogP contribution in [0.15, 0.2) is 60.0 Å². The van der Waals surface area contributed by atoms with E-state index in [2.05, 4.69) is 35.4 Å². The molecule has 156 valence electrons. The molecule has 0 fully saturated rings. The highest BCUT2D eigenvalue weighted by Gasteiger charge is 2.15. The Morgan fingerprint density at radius 3 is 2.71 bits per heavy atom. The van der Waals surface area contributed by atoms with Gasteiger partial charge in [0.25, 0.3) is 5.69 Å². The fourth-order valence-electron chi connectivity index (χ4n) is 2.87. The molecule has 0 aliphatic heterocycles. The Morgan fingerprint density at radius 1 is 1.19 bits per heavy atom. The van der Waals surface area contributed by atoms with Gasteiger partial charge in [0.15, 0.2) is 11.6 Å². The van der Waals surface area contributed by atoms with Gasteiger partial charge < -0.3 is 9.72 Å². The molecule has 4 aromatic rings. The Labute approximate surface area is 172 Å². The number of imidazole rings is 1. The number of alkyl halides is 2. The van der Waals surface area contributed by atoms with Crippen LogP contribution >= 0.6 is 0 Å². The van der Waals surface area contributed by atoms with Gasteiger partial charge in [0.1, 0.15) is 11.4 Å². The summed E-state index contributed by atoms with van der Waals surface area (Å²) in [5.41, 5.74) is 2.93. The van der Waals surface area contributed by atoms with Crippen molar-refractivity contribution in [3.63, 3.8) is 0 Å². The lowest BCUT2D eigenvalue weighted by atomic mass is 10.1. The SMILES string of the molecule is O=[N+]([O-])c1ccc(OC(F)F)c(C=NNc2nnc(-c3ncc[nH]3)c3ccccc23)c1. The van der Waals surface area contributed by atoms with E-state index in [9.17, 15) is 18.9 Å². The topological polar surface area (TPSA) is 131 Å². The van der Waals surface area contributed by atoms with Gasteiger partial charge in [-0.2, -0.15) is 13.9 Å². The molecule has 4 rings (SSSR count). The second-order valence-electron chi connectivity index (χ2n) is 6.11. The zero-order chi connectivity index (χ0) is 21.8. The molecule has 0 aliphatic rings. The number of ether oxygens (including phenoxy) is 1. The van der Waals surface area contributed by atoms with Crippen LogP contribution in [0.2, 0.25) is 0 Å². The number of hydrogen-bond donors (Lipinski definition) is 2. The lowest BCUT2D eigenvalue weighted by Gasteiger charge is -2.08. The van der Waals surface area contributed by atoms with Gasteiger partial charge in [0.2, 0.25) is 0 Å². The number of nitrogens with one attached hydrogen (secondary N) is 2. The molecule has 0 amide bonds. The van der Waals surface area contributed by atoms with Gasteiger partial charge in [0.05, 0.1) is 11.1 Å². The summed E-state index contributed by atoms with van der Waals surface area (Å²) in [5, 5.41) is 24.7. The molecule has 0 saturated carbocycles. The summed E-state index contributed by atoms with van der Waals surface area (Å²) in [7, 11) is 0. The molecule has 10 nitrogen and oxygen atoms in total. The number of non-ortho nitro benzene ring substituents is 1. The minimum atomic E-state index is -3.09. The Balaban J connectivity index is 1.66. The Morgan fingerprint density at radius 2 is 2.00 bits per heavy atom. The normalized spacial score (nSPS) is 11.3. The molecule has 0 atom stereocenters. The van der Waals surface area contributed by atoms with Crippen LogP contribution in [0, 0.1) is 10.1 Å². The number of halogens is 2. The molecule has 0 unspecified atom stereocenters. The number of aromatic nitrogens is 4. The molecule has 0 bridgehead atoms. The Bertz CT molecular complexity index is 1260. The first-order chi connectivity index (χ1) is 15.0. The van der Waals surface area contributed by atoms with Crippen LogP contribution in [0.5, 0.6) is 5.75 Å². The van der Waals surface area contributed by atoms with E-state index < -0.39 is 11.5 Å². The lowest BCUT2D eigenvalue weighted by molar-refractivity contribution is -0.384. The number of H-pyrrole nitrogens is 1. The molecule has 2 N–H and O–H groups in total. The van der Waals surface area contributed by atoms with Crippen molar-refractivity contribution in [1.82, 2.24) is 20.2 Å². The molecular weight excluding hydrogens is 412 g/mol. The quantitative estimate of drug-likeness (QED) is 0.260. The number of hydrazone groups is 1. The summed E-state index contributed by atoms with van der Waals surface area (Å²) in [6.45, 7) is -3.09. The maximum Gasteiger partial charge on any atom is 0.387 e. The van der Waals surface area contributed by atoms with Crippen molar-refractivity contribution in [2.24, 2.45) is 5.10 Å². The van der Waals surface area contributed by atoms with Crippen LogP contribution in [-0.2, 0) is 0 Å². The summed E-state index contributed by atoms with van der Waals surface area (Å²) in [6.07, 6.45) is 4.39. The number of aromatic amines is 1. The second-order valence-corrected chi connectivity index (χ2v) is 6.11. The third kappa shape index (κ3) is 4.27. The van der Waals surface area contributed by atoms with Crippen LogP contribution in [0.1, 0.15) is 5.56 Å². The maximum atomic E-state index is 12.6. The number of fused-ring (bicyclic) bond motifs is 1. The van der Waals surface area contributed by atoms with Crippen molar-refractivity contribution in [1.29, 1.82) is 0 Å². The number of benzene rings is 2. The van der Waals surface area contributed by atoms with Crippen molar-refractivity contribution in [2.45, 2.75) is 6.61 Å². The van der Waals surface area contributed by atoms with Gasteiger partial charge >= 0.3 is 6.61 Å². The Hall–Kier alpha value is -4.48. The van der Waals surface area contributed by atoms with Crippen LogP contribution in [0.25, 0.3) is 22.3 Å². The van der Waals surface area contributed by atoms with Crippen molar-refractivity contribution < 1.29 is 18.4 Å². The molecule has 12 heteroatoms. The van der Waals surface area contributed by atoms with Crippen molar-refractivity contribution >= 4 is 28.5 Å². The molecule has 0 saturated heterocycles. The van der Waals surface area contributed by atoms with Crippen LogP contribution in [0.3, 0.4) is 0 Å². The standard InChI is InChI=1S/C19H13F2N7O3/c20-19(21)31-15-6-5-12(28(29)30)9-11(15)10-24-26-17-14-4-2-1-3-13(14)16(25-27-17)18-22-7-8-23-18/h1-10,19H,(H,22,23)(H,26,27).